The van der Waals surface area contributed by atoms with Gasteiger partial charge in [-0.25, -0.2) is 24.5 Å². The molecule has 3 heterocycles. The van der Waals surface area contributed by atoms with Gasteiger partial charge in [0.2, 0.25) is 5.89 Å². The van der Waals surface area contributed by atoms with Crippen LogP contribution in [0.1, 0.15) is 112 Å². The fourth-order valence-corrected chi connectivity index (χ4v) is 5.78. The van der Waals surface area contributed by atoms with Crippen LogP contribution in [0.5, 0.6) is 11.5 Å². The number of amides is 3. The molecule has 1 unspecified atom stereocenters. The molecule has 15 nitrogen and oxygen atoms in total. The lowest BCUT2D eigenvalue weighted by molar-refractivity contribution is 0.0487. The van der Waals surface area contributed by atoms with Crippen molar-refractivity contribution in [1.29, 1.82) is 0 Å². The van der Waals surface area contributed by atoms with Gasteiger partial charge in [-0.15, -0.1) is 0 Å². The van der Waals surface area contributed by atoms with Gasteiger partial charge in [0.05, 0.1) is 42.7 Å². The molecule has 5 aromatic rings. The van der Waals surface area contributed by atoms with E-state index in [-0.39, 0.29) is 51.9 Å². The Morgan fingerprint density at radius 1 is 0.707 bits per heavy atom. The van der Waals surface area contributed by atoms with Crippen LogP contribution in [0.2, 0.25) is 0 Å². The molecule has 0 spiro atoms. The summed E-state index contributed by atoms with van der Waals surface area (Å²) in [6, 6.07) is 12.8. The number of rotatable bonds is 15. The van der Waals surface area contributed by atoms with E-state index in [2.05, 4.69) is 25.9 Å². The summed E-state index contributed by atoms with van der Waals surface area (Å²) < 4.78 is 28.3. The Kier molecular flexibility index (Phi) is 13.6. The second-order valence-corrected chi connectivity index (χ2v) is 16.1. The third kappa shape index (κ3) is 11.0. The Balaban J connectivity index is 1.49. The Morgan fingerprint density at radius 2 is 1.22 bits per heavy atom. The standard InChI is InChI=1S/C43H52N6O9/c1-23(2)17-31(49-42(53)58-43(7,8)9)40-48-33(22-57-40)39(51)47-28-15-11-13-26-34(55-20-24(3)4)18-30(44-36(26)28)38(50)46-29-16-12-14-27-35(56-21-25(5)6)19-32(41(52)54-10)45-37(27)29/h11-16,18-19,22-25,31H,17,20-21H2,1-10H3,(H,46,50)(H,47,51)(H,49,53). The minimum absolute atomic E-state index is 0.0121. The average Bonchev–Trinajstić information content (AvgIpc) is 3.65. The first-order valence-corrected chi connectivity index (χ1v) is 19.2. The second kappa shape index (κ2) is 18.3. The number of esters is 1. The SMILES string of the molecule is COC(=O)c1cc(OCC(C)C)c2cccc(NC(=O)c3cc(OCC(C)C)c4cccc(NC(=O)c5coc(C(CC(C)C)NC(=O)OC(C)(C)C)n5)c4n3)c2n1. The lowest BCUT2D eigenvalue weighted by Gasteiger charge is -2.23. The van der Waals surface area contributed by atoms with Crippen molar-refractivity contribution in [1.82, 2.24) is 20.3 Å². The zero-order valence-corrected chi connectivity index (χ0v) is 34.6. The summed E-state index contributed by atoms with van der Waals surface area (Å²) in [6.45, 7) is 18.0. The molecule has 3 N–H and O–H groups in total. The van der Waals surface area contributed by atoms with Crippen LogP contribution in [0.15, 0.2) is 59.2 Å². The van der Waals surface area contributed by atoms with Gasteiger partial charge in [-0.3, -0.25) is 9.59 Å². The largest absolute Gasteiger partial charge is 0.493 e. The minimum atomic E-state index is -0.712. The third-order valence-electron chi connectivity index (χ3n) is 8.32. The summed E-state index contributed by atoms with van der Waals surface area (Å²) in [4.78, 5) is 66.7. The fraction of sp³-hybridized carbons (Fsp3) is 0.419. The number of alkyl carbamates (subject to hydrolysis) is 1. The molecule has 0 aliphatic heterocycles. The highest BCUT2D eigenvalue weighted by atomic mass is 16.6. The molecule has 0 fully saturated rings. The van der Waals surface area contributed by atoms with Crippen molar-refractivity contribution in [2.45, 2.75) is 80.4 Å². The van der Waals surface area contributed by atoms with Crippen LogP contribution >= 0.6 is 0 Å². The van der Waals surface area contributed by atoms with Crippen molar-refractivity contribution < 1.29 is 42.5 Å². The number of fused-ring (bicyclic) bond motifs is 2. The van der Waals surface area contributed by atoms with E-state index in [1.54, 1.807) is 57.2 Å². The van der Waals surface area contributed by atoms with Crippen LogP contribution in [0, 0.1) is 17.8 Å². The molecular weight excluding hydrogens is 745 g/mol. The predicted molar refractivity (Wildman–Crippen MR) is 219 cm³/mol. The average molecular weight is 797 g/mol. The molecule has 0 saturated carbocycles. The summed E-state index contributed by atoms with van der Waals surface area (Å²) in [5, 5.41) is 9.68. The molecule has 308 valence electrons. The lowest BCUT2D eigenvalue weighted by Crippen LogP contribution is -2.35. The number of hydrogen-bond donors (Lipinski definition) is 3. The number of oxazole rings is 1. The van der Waals surface area contributed by atoms with Gasteiger partial charge in [-0.1, -0.05) is 53.7 Å². The highest BCUT2D eigenvalue weighted by Crippen LogP contribution is 2.34. The number of aromatic nitrogens is 3. The molecule has 0 radical (unpaired) electrons. The van der Waals surface area contributed by atoms with E-state index in [0.717, 1.165) is 0 Å². The Labute approximate surface area is 337 Å². The van der Waals surface area contributed by atoms with Crippen LogP contribution in [-0.4, -0.2) is 64.8 Å². The number of carbonyl (C=O) groups excluding carboxylic acids is 4. The maximum Gasteiger partial charge on any atom is 0.408 e. The summed E-state index contributed by atoms with van der Waals surface area (Å²) >= 11 is 0. The molecule has 0 saturated heterocycles. The third-order valence-corrected chi connectivity index (χ3v) is 8.32. The Hall–Kier alpha value is -6.25. The molecule has 58 heavy (non-hydrogen) atoms. The van der Waals surface area contributed by atoms with Crippen molar-refractivity contribution in [3.05, 3.63) is 77.8 Å². The van der Waals surface area contributed by atoms with Crippen LogP contribution in [-0.2, 0) is 9.47 Å². The number of nitrogens with one attached hydrogen (secondary N) is 3. The van der Waals surface area contributed by atoms with Crippen molar-refractivity contribution in [2.24, 2.45) is 17.8 Å². The first-order chi connectivity index (χ1) is 27.4. The molecular formula is C43H52N6O9. The van der Waals surface area contributed by atoms with Gasteiger partial charge in [-0.2, -0.15) is 0 Å². The Bertz CT molecular complexity index is 2290. The van der Waals surface area contributed by atoms with Gasteiger partial charge in [0, 0.05) is 22.9 Å². The maximum absolute atomic E-state index is 14.1. The normalized spacial score (nSPS) is 12.2. The fourth-order valence-electron chi connectivity index (χ4n) is 5.78. The van der Waals surface area contributed by atoms with Crippen LogP contribution in [0.3, 0.4) is 0 Å². The Morgan fingerprint density at radius 3 is 1.72 bits per heavy atom. The smallest absolute Gasteiger partial charge is 0.408 e. The second-order valence-electron chi connectivity index (χ2n) is 16.1. The number of hydrogen-bond acceptors (Lipinski definition) is 12. The van der Waals surface area contributed by atoms with Crippen LogP contribution in [0.25, 0.3) is 21.8 Å². The van der Waals surface area contributed by atoms with Gasteiger partial charge in [0.1, 0.15) is 35.1 Å². The van der Waals surface area contributed by atoms with E-state index < -0.39 is 35.5 Å². The molecule has 1 atom stereocenters. The van der Waals surface area contributed by atoms with Crippen LogP contribution < -0.4 is 25.4 Å². The maximum atomic E-state index is 14.1. The number of para-hydroxylation sites is 2. The number of carbonyl (C=O) groups is 4. The molecule has 3 aromatic heterocycles. The first-order valence-electron chi connectivity index (χ1n) is 19.2. The van der Waals surface area contributed by atoms with Crippen molar-refractivity contribution in [2.75, 3.05) is 31.0 Å². The number of anilines is 2. The summed E-state index contributed by atoms with van der Waals surface area (Å²) in [5.41, 5.74) is 0.420. The van der Waals surface area contributed by atoms with E-state index in [1.807, 2.05) is 41.5 Å². The molecule has 2 aromatic carbocycles. The number of methoxy groups -OCH3 is 1. The highest BCUT2D eigenvalue weighted by molar-refractivity contribution is 6.12. The quantitative estimate of drug-likeness (QED) is 0.0855. The molecule has 15 heteroatoms. The molecule has 3 amide bonds. The topological polar surface area (TPSA) is 193 Å². The van der Waals surface area contributed by atoms with Gasteiger partial charge >= 0.3 is 12.1 Å². The lowest BCUT2D eigenvalue weighted by atomic mass is 10.0. The van der Waals surface area contributed by atoms with E-state index in [4.69, 9.17) is 28.3 Å². The van der Waals surface area contributed by atoms with E-state index in [1.165, 1.54) is 25.5 Å². The number of benzene rings is 2. The molecule has 5 rings (SSSR count). The van der Waals surface area contributed by atoms with Gasteiger partial charge in [0.15, 0.2) is 11.4 Å². The van der Waals surface area contributed by atoms with Crippen LogP contribution in [0.4, 0.5) is 16.2 Å². The van der Waals surface area contributed by atoms with E-state index in [9.17, 15) is 19.2 Å². The van der Waals surface area contributed by atoms with Gasteiger partial charge in [0.25, 0.3) is 11.8 Å². The molecule has 0 aliphatic carbocycles. The zero-order chi connectivity index (χ0) is 42.3. The highest BCUT2D eigenvalue weighted by Gasteiger charge is 2.27. The minimum Gasteiger partial charge on any atom is -0.493 e. The summed E-state index contributed by atoms with van der Waals surface area (Å²) in [7, 11) is 1.26. The van der Waals surface area contributed by atoms with E-state index >= 15 is 0 Å². The van der Waals surface area contributed by atoms with E-state index in [0.29, 0.717) is 53.1 Å². The molecule has 0 bridgehead atoms. The monoisotopic (exact) mass is 796 g/mol. The summed E-state index contributed by atoms with van der Waals surface area (Å²) in [5.74, 6) is -0.421. The summed E-state index contributed by atoms with van der Waals surface area (Å²) in [6.07, 6.45) is 1.06. The molecule has 0 aliphatic rings. The van der Waals surface area contributed by atoms with Gasteiger partial charge < -0.3 is 39.3 Å². The number of ether oxygens (including phenoxy) is 4. The zero-order valence-electron chi connectivity index (χ0n) is 34.6. The number of nitrogens with zero attached hydrogens (tertiary/aromatic N) is 3. The van der Waals surface area contributed by atoms with Crippen molar-refractivity contribution in [3.8, 4) is 11.5 Å². The number of pyridine rings is 2. The van der Waals surface area contributed by atoms with Crippen molar-refractivity contribution >= 4 is 57.1 Å². The van der Waals surface area contributed by atoms with Gasteiger partial charge in [-0.05, 0) is 69.2 Å². The first kappa shape index (κ1) is 42.9. The predicted octanol–water partition coefficient (Wildman–Crippen LogP) is 8.74. The van der Waals surface area contributed by atoms with Crippen molar-refractivity contribution in [3.63, 3.8) is 0 Å².